The second-order valence-corrected chi connectivity index (χ2v) is 19.5. The van der Waals surface area contributed by atoms with Gasteiger partial charge in [0.15, 0.2) is 0 Å². The van der Waals surface area contributed by atoms with Gasteiger partial charge in [0.05, 0.1) is 0 Å². The van der Waals surface area contributed by atoms with Crippen LogP contribution in [0.5, 0.6) is 0 Å². The first-order valence-corrected chi connectivity index (χ1v) is 17.4. The first kappa shape index (κ1) is 39.4. The van der Waals surface area contributed by atoms with Crippen LogP contribution in [0.3, 0.4) is 0 Å². The molecule has 0 aliphatic heterocycles. The maximum Gasteiger partial charge on any atom is -1.00 e. The number of rotatable bonds is 0. The van der Waals surface area contributed by atoms with Gasteiger partial charge in [-0.3, -0.25) is 6.08 Å². The second kappa shape index (κ2) is 13.8. The van der Waals surface area contributed by atoms with Crippen molar-refractivity contribution in [3.63, 3.8) is 0 Å². The van der Waals surface area contributed by atoms with Gasteiger partial charge in [0.25, 0.3) is 0 Å². The zero-order chi connectivity index (χ0) is 31.5. The maximum absolute atomic E-state index is 3.16. The van der Waals surface area contributed by atoms with E-state index >= 15 is 0 Å². The molecule has 240 valence electrons. The minimum absolute atomic E-state index is 0. The van der Waals surface area contributed by atoms with Crippen molar-refractivity contribution in [2.75, 3.05) is 0 Å². The number of hydrogen-bond acceptors (Lipinski definition) is 0. The van der Waals surface area contributed by atoms with Gasteiger partial charge in [-0.05, 0) is 74.5 Å². The van der Waals surface area contributed by atoms with E-state index in [-0.39, 0.29) is 46.5 Å². The molecule has 3 heteroatoms. The van der Waals surface area contributed by atoms with Gasteiger partial charge in [0.2, 0.25) is 0 Å². The van der Waals surface area contributed by atoms with E-state index in [1.165, 1.54) is 38.3 Å². The van der Waals surface area contributed by atoms with Gasteiger partial charge < -0.3 is 31.2 Å². The van der Waals surface area contributed by atoms with E-state index < -0.39 is 0 Å². The largest absolute Gasteiger partial charge is 1.00 e. The Bertz CT molecular complexity index is 1350. The van der Waals surface area contributed by atoms with Crippen molar-refractivity contribution in [2.24, 2.45) is 5.41 Å². The van der Waals surface area contributed by atoms with Crippen LogP contribution < -0.4 is 24.8 Å². The Labute approximate surface area is 298 Å². The monoisotopic (exact) mass is 708 g/mol. The Morgan fingerprint density at radius 3 is 1.57 bits per heavy atom. The van der Waals surface area contributed by atoms with Gasteiger partial charge >= 0.3 is 41.3 Å². The first-order valence-electron chi connectivity index (χ1n) is 16.2. The Morgan fingerprint density at radius 2 is 1.16 bits per heavy atom. The molecular weight excluding hydrogens is 655 g/mol. The molecule has 0 fully saturated rings. The number of fused-ring (bicyclic) bond motifs is 5. The Hall–Kier alpha value is -0.747. The van der Waals surface area contributed by atoms with Gasteiger partial charge in [0.1, 0.15) is 0 Å². The molecule has 0 bridgehead atoms. The van der Waals surface area contributed by atoms with Crippen molar-refractivity contribution in [1.29, 1.82) is 0 Å². The Kier molecular flexibility index (Phi) is 12.3. The summed E-state index contributed by atoms with van der Waals surface area (Å²) in [5, 5.41) is 0. The second-order valence-electron chi connectivity index (χ2n) is 17.0. The van der Waals surface area contributed by atoms with Crippen LogP contribution in [0.15, 0.2) is 42.0 Å². The van der Waals surface area contributed by atoms with Crippen molar-refractivity contribution < 1.29 is 49.0 Å². The third-order valence-corrected chi connectivity index (χ3v) is 10.1. The van der Waals surface area contributed by atoms with E-state index in [2.05, 4.69) is 139 Å². The molecule has 0 heterocycles. The number of allylic oxidation sites excluding steroid dienone is 4. The summed E-state index contributed by atoms with van der Waals surface area (Å²) in [4.78, 5) is 0. The van der Waals surface area contributed by atoms with Crippen molar-refractivity contribution in [1.82, 2.24) is 0 Å². The molecule has 0 radical (unpaired) electrons. The molecular formula is C41H56Cl2Zr-2. The van der Waals surface area contributed by atoms with Crippen LogP contribution in [0.25, 0.3) is 11.1 Å². The molecule has 4 aliphatic carbocycles. The standard InChI is InChI=1S/C29H37.C9H13.C3H6.2ClH.Zr/c1-26(2)9-11-28(5,6)24-16-20-18(14-22(24)26)13-19-15-23-25(17-21(19)20)29(7,8)12-10-27(23,3)4;1-9(2,3)8-6-4-5-7-8;1-3-2;;;/h9,14-17H,10-13H2,1-8H3;6-7H,4H2,1-3H3;1-2H3;2*1H;/q2*-1;;;;+2/p-2. The fourth-order valence-corrected chi connectivity index (χ4v) is 7.05. The summed E-state index contributed by atoms with van der Waals surface area (Å²) < 4.78 is 1.51. The average Bonchev–Trinajstić information content (AvgIpc) is 3.52. The minimum atomic E-state index is 0. The van der Waals surface area contributed by atoms with Crippen LogP contribution >= 0.6 is 0 Å². The van der Waals surface area contributed by atoms with E-state index in [0.717, 1.165) is 19.3 Å². The van der Waals surface area contributed by atoms with Crippen molar-refractivity contribution in [2.45, 2.75) is 144 Å². The number of benzene rings is 2. The summed E-state index contributed by atoms with van der Waals surface area (Å²) in [5.74, 6) is 0. The predicted molar refractivity (Wildman–Crippen MR) is 181 cm³/mol. The van der Waals surface area contributed by atoms with Gasteiger partial charge in [-0.25, -0.2) is 6.08 Å². The van der Waals surface area contributed by atoms with E-state index in [1.54, 1.807) is 52.1 Å². The zero-order valence-corrected chi connectivity index (χ0v) is 33.8. The molecule has 0 spiro atoms. The summed E-state index contributed by atoms with van der Waals surface area (Å²) in [7, 11) is 0. The van der Waals surface area contributed by atoms with E-state index in [1.807, 2.05) is 0 Å². The SMILES string of the molecule is CC(C)(C)C1=CC[C-]=C1.CC1(C)[CH-]CC(C)(C)c2cc3c(cc21)Cc1cc2c(cc1-3)C(C)(C)CCC2(C)C.C[C](C)=[Zr+2].[Cl-].[Cl-]. The molecule has 0 amide bonds. The molecule has 2 aromatic rings. The Morgan fingerprint density at radius 1 is 0.727 bits per heavy atom. The number of halogens is 2. The molecule has 0 saturated heterocycles. The van der Waals surface area contributed by atoms with Gasteiger partial charge in [-0.15, -0.1) is 11.8 Å². The average molecular weight is 711 g/mol. The predicted octanol–water partition coefficient (Wildman–Crippen LogP) is 5.25. The Balaban J connectivity index is 0.000000380. The summed E-state index contributed by atoms with van der Waals surface area (Å²) in [6.07, 6.45) is 15.8. The molecule has 0 nitrogen and oxygen atoms in total. The van der Waals surface area contributed by atoms with Crippen LogP contribution in [0.4, 0.5) is 0 Å². The fraction of sp³-hybridized carbons (Fsp3) is 0.561. The molecule has 6 rings (SSSR count). The van der Waals surface area contributed by atoms with Gasteiger partial charge in [-0.2, -0.15) is 18.1 Å². The zero-order valence-electron chi connectivity index (χ0n) is 29.8. The third-order valence-electron chi connectivity index (χ3n) is 10.1. The summed E-state index contributed by atoms with van der Waals surface area (Å²) in [5.41, 5.74) is 15.1. The van der Waals surface area contributed by atoms with Crippen LogP contribution in [0, 0.1) is 17.9 Å². The van der Waals surface area contributed by atoms with Crippen molar-refractivity contribution in [3.05, 3.63) is 87.9 Å². The molecule has 0 N–H and O–H groups in total. The molecule has 0 aromatic heterocycles. The molecule has 2 aromatic carbocycles. The van der Waals surface area contributed by atoms with Crippen LogP contribution in [-0.4, -0.2) is 3.21 Å². The first-order chi connectivity index (χ1) is 19.2. The van der Waals surface area contributed by atoms with E-state index in [0.29, 0.717) is 5.41 Å². The molecule has 0 unspecified atom stereocenters. The molecule has 0 atom stereocenters. The van der Waals surface area contributed by atoms with Gasteiger partial charge in [0, 0.05) is 0 Å². The fourth-order valence-electron chi connectivity index (χ4n) is 7.05. The smallest absolute Gasteiger partial charge is 1.00 e. The van der Waals surface area contributed by atoms with E-state index in [4.69, 9.17) is 0 Å². The molecule has 0 saturated carbocycles. The van der Waals surface area contributed by atoms with Gasteiger partial charge in [-0.1, -0.05) is 111 Å². The van der Waals surface area contributed by atoms with E-state index in [9.17, 15) is 0 Å². The summed E-state index contributed by atoms with van der Waals surface area (Å²) in [6.45, 7) is 30.3. The normalized spacial score (nSPS) is 20.4. The molecule has 44 heavy (non-hydrogen) atoms. The summed E-state index contributed by atoms with van der Waals surface area (Å²) >= 11 is 1.55. The molecule has 4 aliphatic rings. The van der Waals surface area contributed by atoms with Crippen molar-refractivity contribution >= 4 is 3.21 Å². The van der Waals surface area contributed by atoms with Crippen molar-refractivity contribution in [3.8, 4) is 11.1 Å². The van der Waals surface area contributed by atoms with Crippen LogP contribution in [0.1, 0.15) is 149 Å². The minimum Gasteiger partial charge on any atom is -1.00 e. The maximum atomic E-state index is 3.16. The summed E-state index contributed by atoms with van der Waals surface area (Å²) in [6, 6.07) is 10.3. The number of hydrogen-bond donors (Lipinski definition) is 0. The van der Waals surface area contributed by atoms with Crippen LogP contribution in [-0.2, 0) is 52.3 Å². The van der Waals surface area contributed by atoms with Crippen LogP contribution in [0.2, 0.25) is 0 Å². The topological polar surface area (TPSA) is 0 Å². The third kappa shape index (κ3) is 8.21. The quantitative estimate of drug-likeness (QED) is 0.280.